The third-order valence-electron chi connectivity index (χ3n) is 5.35. The van der Waals surface area contributed by atoms with Gasteiger partial charge in [0.15, 0.2) is 0 Å². The minimum atomic E-state index is -0.00639. The van der Waals surface area contributed by atoms with Crippen LogP contribution < -0.4 is 10.9 Å². The normalized spacial score (nSPS) is 17.8. The lowest BCUT2D eigenvalue weighted by molar-refractivity contribution is 0.427. The molecule has 0 saturated heterocycles. The molecule has 2 aliphatic carbocycles. The lowest BCUT2D eigenvalue weighted by Gasteiger charge is -2.35. The standard InChI is InChI=1S/C19H23N3O/c1-2-11-20-18-21-16-14-8-4-3-7-13(14)12-19(9-5-6-10-19)15(16)17(23)22-18/h3-4,7-8H,2,5-6,9-12H2,1H3,(H2,20,21,22,23). The number of H-pyrrole nitrogens is 1. The summed E-state index contributed by atoms with van der Waals surface area (Å²) in [6.45, 7) is 2.92. The van der Waals surface area contributed by atoms with E-state index in [0.717, 1.165) is 49.0 Å². The number of hydrogen-bond acceptors (Lipinski definition) is 3. The van der Waals surface area contributed by atoms with Crippen molar-refractivity contribution in [3.05, 3.63) is 45.7 Å². The van der Waals surface area contributed by atoms with E-state index in [0.29, 0.717) is 5.95 Å². The first-order valence-corrected chi connectivity index (χ1v) is 8.70. The Labute approximate surface area is 136 Å². The van der Waals surface area contributed by atoms with Crippen LogP contribution in [0.4, 0.5) is 5.95 Å². The quantitative estimate of drug-likeness (QED) is 0.910. The van der Waals surface area contributed by atoms with Crippen LogP contribution in [0.1, 0.15) is 50.2 Å². The molecule has 1 saturated carbocycles. The van der Waals surface area contributed by atoms with Crippen LogP contribution in [0, 0.1) is 0 Å². The molecule has 0 radical (unpaired) electrons. The van der Waals surface area contributed by atoms with Gasteiger partial charge in [-0.15, -0.1) is 0 Å². The summed E-state index contributed by atoms with van der Waals surface area (Å²) in [4.78, 5) is 20.7. The largest absolute Gasteiger partial charge is 0.356 e. The fourth-order valence-electron chi connectivity index (χ4n) is 4.32. The van der Waals surface area contributed by atoms with E-state index in [1.165, 1.54) is 18.4 Å². The molecule has 120 valence electrons. The summed E-state index contributed by atoms with van der Waals surface area (Å²) < 4.78 is 0. The Morgan fingerprint density at radius 2 is 2.04 bits per heavy atom. The minimum absolute atomic E-state index is 0.00639. The fourth-order valence-corrected chi connectivity index (χ4v) is 4.32. The fraction of sp³-hybridized carbons (Fsp3) is 0.474. The smallest absolute Gasteiger partial charge is 0.256 e. The molecule has 1 aromatic heterocycles. The Balaban J connectivity index is 1.93. The van der Waals surface area contributed by atoms with Crippen molar-refractivity contribution in [3.63, 3.8) is 0 Å². The number of nitrogens with zero attached hydrogens (tertiary/aromatic N) is 1. The molecule has 2 N–H and O–H groups in total. The summed E-state index contributed by atoms with van der Waals surface area (Å²) in [5.41, 5.74) is 4.33. The molecule has 2 aromatic rings. The first kappa shape index (κ1) is 14.5. The van der Waals surface area contributed by atoms with E-state index in [4.69, 9.17) is 4.98 Å². The van der Waals surface area contributed by atoms with Crippen LogP contribution in [-0.4, -0.2) is 16.5 Å². The lowest BCUT2D eigenvalue weighted by Crippen LogP contribution is -2.37. The Kier molecular flexibility index (Phi) is 3.47. The van der Waals surface area contributed by atoms with Gasteiger partial charge in [0.05, 0.1) is 11.3 Å². The third kappa shape index (κ3) is 2.28. The molecule has 4 rings (SSSR count). The van der Waals surface area contributed by atoms with Crippen molar-refractivity contribution < 1.29 is 0 Å². The SMILES string of the molecule is CCCNc1nc2c(c(=O)[nH]1)C1(CCCC1)Cc1ccccc1-2. The van der Waals surface area contributed by atoms with Gasteiger partial charge < -0.3 is 5.32 Å². The molecule has 0 unspecified atom stereocenters. The van der Waals surface area contributed by atoms with Gasteiger partial charge in [-0.2, -0.15) is 0 Å². The maximum atomic E-state index is 12.9. The Morgan fingerprint density at radius 3 is 2.83 bits per heavy atom. The first-order chi connectivity index (χ1) is 11.2. The van der Waals surface area contributed by atoms with E-state index < -0.39 is 0 Å². The number of aromatic nitrogens is 2. The van der Waals surface area contributed by atoms with E-state index in [1.807, 2.05) is 6.07 Å². The molecule has 1 aromatic carbocycles. The molecule has 1 fully saturated rings. The number of aromatic amines is 1. The van der Waals surface area contributed by atoms with E-state index >= 15 is 0 Å². The number of nitrogens with one attached hydrogen (secondary N) is 2. The Hall–Kier alpha value is -2.10. The van der Waals surface area contributed by atoms with Crippen LogP contribution >= 0.6 is 0 Å². The number of fused-ring (bicyclic) bond motifs is 4. The number of anilines is 1. The monoisotopic (exact) mass is 309 g/mol. The zero-order valence-electron chi connectivity index (χ0n) is 13.6. The van der Waals surface area contributed by atoms with Gasteiger partial charge in [-0.25, -0.2) is 4.98 Å². The highest BCUT2D eigenvalue weighted by atomic mass is 16.1. The van der Waals surface area contributed by atoms with Crippen LogP contribution in [0.2, 0.25) is 0 Å². The van der Waals surface area contributed by atoms with Crippen LogP contribution in [0.5, 0.6) is 0 Å². The summed E-state index contributed by atoms with van der Waals surface area (Å²) in [7, 11) is 0. The zero-order valence-corrected chi connectivity index (χ0v) is 13.6. The molecule has 1 spiro atoms. The van der Waals surface area contributed by atoms with Crippen LogP contribution in [-0.2, 0) is 11.8 Å². The molecule has 0 aliphatic heterocycles. The lowest BCUT2D eigenvalue weighted by atomic mass is 9.68. The predicted octanol–water partition coefficient (Wildman–Crippen LogP) is 3.63. The van der Waals surface area contributed by atoms with E-state index in [1.54, 1.807) is 0 Å². The molecule has 0 amide bonds. The summed E-state index contributed by atoms with van der Waals surface area (Å²) in [6, 6.07) is 8.43. The molecule has 23 heavy (non-hydrogen) atoms. The van der Waals surface area contributed by atoms with Gasteiger partial charge in [-0.1, -0.05) is 44.0 Å². The average Bonchev–Trinajstić information content (AvgIpc) is 3.01. The van der Waals surface area contributed by atoms with Crippen LogP contribution in [0.3, 0.4) is 0 Å². The predicted molar refractivity (Wildman–Crippen MR) is 92.9 cm³/mol. The second-order valence-electron chi connectivity index (χ2n) is 6.89. The van der Waals surface area contributed by atoms with Gasteiger partial charge in [0.2, 0.25) is 5.95 Å². The number of hydrogen-bond donors (Lipinski definition) is 2. The molecule has 0 bridgehead atoms. The van der Waals surface area contributed by atoms with E-state index in [-0.39, 0.29) is 11.0 Å². The zero-order chi connectivity index (χ0) is 15.9. The highest BCUT2D eigenvalue weighted by molar-refractivity contribution is 5.72. The average molecular weight is 309 g/mol. The summed E-state index contributed by atoms with van der Waals surface area (Å²) >= 11 is 0. The molecule has 1 heterocycles. The highest BCUT2D eigenvalue weighted by Crippen LogP contribution is 2.49. The van der Waals surface area contributed by atoms with E-state index in [9.17, 15) is 4.79 Å². The van der Waals surface area contributed by atoms with Crippen LogP contribution in [0.15, 0.2) is 29.1 Å². The van der Waals surface area contributed by atoms with Crippen molar-refractivity contribution in [1.29, 1.82) is 0 Å². The van der Waals surface area contributed by atoms with Gasteiger partial charge in [-0.3, -0.25) is 9.78 Å². The number of rotatable bonds is 3. The van der Waals surface area contributed by atoms with Gasteiger partial charge in [-0.05, 0) is 31.2 Å². The van der Waals surface area contributed by atoms with Crippen molar-refractivity contribution in [2.75, 3.05) is 11.9 Å². The Morgan fingerprint density at radius 1 is 1.26 bits per heavy atom. The highest BCUT2D eigenvalue weighted by Gasteiger charge is 2.43. The summed E-state index contributed by atoms with van der Waals surface area (Å²) in [6.07, 6.45) is 6.58. The molecule has 2 aliphatic rings. The van der Waals surface area contributed by atoms with Crippen LogP contribution in [0.25, 0.3) is 11.3 Å². The molecule has 4 nitrogen and oxygen atoms in total. The Bertz CT molecular complexity index is 787. The van der Waals surface area contributed by atoms with Gasteiger partial charge >= 0.3 is 0 Å². The third-order valence-corrected chi connectivity index (χ3v) is 5.35. The van der Waals surface area contributed by atoms with Crippen molar-refractivity contribution in [3.8, 4) is 11.3 Å². The van der Waals surface area contributed by atoms with Crippen molar-refractivity contribution in [2.24, 2.45) is 0 Å². The van der Waals surface area contributed by atoms with E-state index in [2.05, 4.69) is 35.4 Å². The first-order valence-electron chi connectivity index (χ1n) is 8.70. The maximum absolute atomic E-state index is 12.9. The summed E-state index contributed by atoms with van der Waals surface area (Å²) in [5, 5.41) is 3.23. The van der Waals surface area contributed by atoms with Crippen molar-refractivity contribution in [2.45, 2.75) is 50.9 Å². The topological polar surface area (TPSA) is 57.8 Å². The summed E-state index contributed by atoms with van der Waals surface area (Å²) in [5.74, 6) is 0.598. The van der Waals surface area contributed by atoms with Gasteiger partial charge in [0.25, 0.3) is 5.56 Å². The second-order valence-corrected chi connectivity index (χ2v) is 6.89. The van der Waals surface area contributed by atoms with Crippen molar-refractivity contribution in [1.82, 2.24) is 9.97 Å². The maximum Gasteiger partial charge on any atom is 0.256 e. The van der Waals surface area contributed by atoms with Gasteiger partial charge in [0, 0.05) is 17.5 Å². The molecule has 4 heteroatoms. The molecule has 0 atom stereocenters. The minimum Gasteiger partial charge on any atom is -0.356 e. The molecular formula is C19H23N3O. The second kappa shape index (κ2) is 5.52. The molecular weight excluding hydrogens is 286 g/mol. The van der Waals surface area contributed by atoms with Gasteiger partial charge in [0.1, 0.15) is 0 Å². The van der Waals surface area contributed by atoms with Crippen molar-refractivity contribution >= 4 is 5.95 Å². The number of benzene rings is 1.